The van der Waals surface area contributed by atoms with E-state index in [1.807, 2.05) is 4.90 Å². The van der Waals surface area contributed by atoms with E-state index >= 15 is 0 Å². The number of H-pyrrole nitrogens is 1. The molecule has 146 valence electrons. The second-order valence-corrected chi connectivity index (χ2v) is 9.71. The number of hydrogen-bond donors (Lipinski definition) is 2. The van der Waals surface area contributed by atoms with Crippen LogP contribution in [-0.4, -0.2) is 40.4 Å². The third kappa shape index (κ3) is 3.55. The SMILES string of the molecule is CC1CCc2c(sc3nc(CCC(=O)N4CCC(C)(CN)C4)[nH]c(=O)c23)C1. The van der Waals surface area contributed by atoms with E-state index in [0.717, 1.165) is 49.0 Å². The lowest BCUT2D eigenvalue weighted by Gasteiger charge is -2.22. The zero-order valence-electron chi connectivity index (χ0n) is 16.1. The average molecular weight is 389 g/mol. The van der Waals surface area contributed by atoms with Gasteiger partial charge in [-0.15, -0.1) is 11.3 Å². The van der Waals surface area contributed by atoms with Crippen molar-refractivity contribution in [1.82, 2.24) is 14.9 Å². The number of nitrogens with zero attached hydrogens (tertiary/aromatic N) is 2. The van der Waals surface area contributed by atoms with Gasteiger partial charge < -0.3 is 15.6 Å². The maximum Gasteiger partial charge on any atom is 0.259 e. The average Bonchev–Trinajstić information content (AvgIpc) is 3.20. The highest BCUT2D eigenvalue weighted by Gasteiger charge is 2.34. The van der Waals surface area contributed by atoms with Crippen molar-refractivity contribution in [2.75, 3.05) is 19.6 Å². The molecule has 1 aliphatic carbocycles. The molecular weight excluding hydrogens is 360 g/mol. The van der Waals surface area contributed by atoms with Gasteiger partial charge in [0, 0.05) is 30.8 Å². The van der Waals surface area contributed by atoms with E-state index in [2.05, 4.69) is 23.8 Å². The fourth-order valence-electron chi connectivity index (χ4n) is 4.30. The molecule has 7 heteroatoms. The van der Waals surface area contributed by atoms with Gasteiger partial charge >= 0.3 is 0 Å². The van der Waals surface area contributed by atoms with Crippen molar-refractivity contribution < 1.29 is 4.79 Å². The fraction of sp³-hybridized carbons (Fsp3) is 0.650. The van der Waals surface area contributed by atoms with Crippen molar-refractivity contribution in [3.63, 3.8) is 0 Å². The van der Waals surface area contributed by atoms with E-state index in [4.69, 9.17) is 5.73 Å². The van der Waals surface area contributed by atoms with E-state index in [0.29, 0.717) is 31.1 Å². The van der Waals surface area contributed by atoms with Gasteiger partial charge in [0.25, 0.3) is 5.56 Å². The highest BCUT2D eigenvalue weighted by molar-refractivity contribution is 7.18. The van der Waals surface area contributed by atoms with Crippen LogP contribution in [0.25, 0.3) is 10.2 Å². The van der Waals surface area contributed by atoms with Crippen LogP contribution < -0.4 is 11.3 Å². The highest BCUT2D eigenvalue weighted by Crippen LogP contribution is 2.35. The number of hydrogen-bond acceptors (Lipinski definition) is 5. The molecule has 0 aromatic carbocycles. The Morgan fingerprint density at radius 3 is 3.04 bits per heavy atom. The summed E-state index contributed by atoms with van der Waals surface area (Å²) in [5.41, 5.74) is 7.01. The Labute approximate surface area is 163 Å². The molecule has 1 amide bonds. The van der Waals surface area contributed by atoms with Crippen molar-refractivity contribution in [3.05, 3.63) is 26.6 Å². The first-order chi connectivity index (χ1) is 12.9. The summed E-state index contributed by atoms with van der Waals surface area (Å²) in [5, 5.41) is 0.773. The number of nitrogens with one attached hydrogen (secondary N) is 1. The summed E-state index contributed by atoms with van der Waals surface area (Å²) in [4.78, 5) is 36.8. The Morgan fingerprint density at radius 2 is 2.30 bits per heavy atom. The third-order valence-corrected chi connectivity index (χ3v) is 7.34. The second kappa shape index (κ2) is 7.02. The maximum absolute atomic E-state index is 12.6. The van der Waals surface area contributed by atoms with E-state index in [1.54, 1.807) is 11.3 Å². The molecule has 2 aromatic rings. The number of aromatic nitrogens is 2. The molecule has 0 bridgehead atoms. The second-order valence-electron chi connectivity index (χ2n) is 8.62. The van der Waals surface area contributed by atoms with Crippen LogP contribution >= 0.6 is 11.3 Å². The van der Waals surface area contributed by atoms with Gasteiger partial charge in [0.15, 0.2) is 0 Å². The third-order valence-electron chi connectivity index (χ3n) is 6.19. The van der Waals surface area contributed by atoms with Crippen LogP contribution in [0.5, 0.6) is 0 Å². The summed E-state index contributed by atoms with van der Waals surface area (Å²) < 4.78 is 0. The summed E-state index contributed by atoms with van der Waals surface area (Å²) in [5.74, 6) is 1.41. The molecule has 3 N–H and O–H groups in total. The van der Waals surface area contributed by atoms with Gasteiger partial charge in [-0.05, 0) is 49.1 Å². The standard InChI is InChI=1S/C20H28N4O2S/c1-12-3-4-13-14(9-12)27-19-17(13)18(26)22-15(23-19)5-6-16(25)24-8-7-20(2,10-21)11-24/h12H,3-11,21H2,1-2H3,(H,22,23,26). The minimum Gasteiger partial charge on any atom is -0.342 e. The minimum absolute atomic E-state index is 0.0360. The largest absolute Gasteiger partial charge is 0.342 e. The predicted octanol–water partition coefficient (Wildman–Crippen LogP) is 2.24. The number of fused-ring (bicyclic) bond motifs is 3. The summed E-state index contributed by atoms with van der Waals surface area (Å²) in [6, 6.07) is 0. The van der Waals surface area contributed by atoms with Gasteiger partial charge in [-0.3, -0.25) is 9.59 Å². The number of thiophene rings is 1. The molecule has 27 heavy (non-hydrogen) atoms. The molecule has 1 fully saturated rings. The molecule has 2 unspecified atom stereocenters. The molecule has 2 aromatic heterocycles. The molecule has 3 heterocycles. The van der Waals surface area contributed by atoms with Crippen LogP contribution in [0.4, 0.5) is 0 Å². The lowest BCUT2D eigenvalue weighted by molar-refractivity contribution is -0.130. The first-order valence-corrected chi connectivity index (χ1v) is 10.7. The minimum atomic E-state index is -0.0496. The maximum atomic E-state index is 12.6. The van der Waals surface area contributed by atoms with E-state index in [9.17, 15) is 9.59 Å². The van der Waals surface area contributed by atoms with Gasteiger partial charge in [0.2, 0.25) is 5.91 Å². The van der Waals surface area contributed by atoms with Crippen LogP contribution in [0.3, 0.4) is 0 Å². The number of carbonyl (C=O) groups excluding carboxylic acids is 1. The molecule has 0 radical (unpaired) electrons. The normalized spacial score (nSPS) is 25.1. The molecule has 0 saturated carbocycles. The van der Waals surface area contributed by atoms with Gasteiger partial charge in [0.1, 0.15) is 10.7 Å². The van der Waals surface area contributed by atoms with Crippen molar-refractivity contribution in [2.24, 2.45) is 17.1 Å². The summed E-state index contributed by atoms with van der Waals surface area (Å²) in [6.45, 7) is 6.49. The monoisotopic (exact) mass is 388 g/mol. The van der Waals surface area contributed by atoms with Crippen LogP contribution in [0.15, 0.2) is 4.79 Å². The quantitative estimate of drug-likeness (QED) is 0.840. The summed E-state index contributed by atoms with van der Waals surface area (Å²) >= 11 is 1.65. The lowest BCUT2D eigenvalue weighted by atomic mass is 9.89. The van der Waals surface area contributed by atoms with E-state index in [1.165, 1.54) is 10.4 Å². The van der Waals surface area contributed by atoms with Crippen molar-refractivity contribution in [1.29, 1.82) is 0 Å². The van der Waals surface area contributed by atoms with E-state index < -0.39 is 0 Å². The number of aryl methyl sites for hydroxylation is 2. The number of likely N-dealkylation sites (tertiary alicyclic amines) is 1. The fourth-order valence-corrected chi connectivity index (χ4v) is 5.70. The highest BCUT2D eigenvalue weighted by atomic mass is 32.1. The van der Waals surface area contributed by atoms with Crippen molar-refractivity contribution in [2.45, 2.75) is 52.4 Å². The number of nitrogens with two attached hydrogens (primary N) is 1. The summed E-state index contributed by atoms with van der Waals surface area (Å²) in [6.07, 6.45) is 4.93. The first-order valence-electron chi connectivity index (χ1n) is 9.90. The Hall–Kier alpha value is -1.73. The Bertz CT molecular complexity index is 934. The van der Waals surface area contributed by atoms with Gasteiger partial charge in [-0.25, -0.2) is 4.98 Å². The van der Waals surface area contributed by atoms with Crippen LogP contribution in [-0.2, 0) is 24.1 Å². The Balaban J connectivity index is 1.49. The van der Waals surface area contributed by atoms with Gasteiger partial charge in [-0.2, -0.15) is 0 Å². The number of rotatable bonds is 4. The zero-order chi connectivity index (χ0) is 19.2. The first kappa shape index (κ1) is 18.6. The van der Waals surface area contributed by atoms with Crippen molar-refractivity contribution >= 4 is 27.5 Å². The molecule has 1 saturated heterocycles. The number of amides is 1. The van der Waals surface area contributed by atoms with E-state index in [-0.39, 0.29) is 16.9 Å². The number of carbonyl (C=O) groups is 1. The molecule has 4 rings (SSSR count). The Morgan fingerprint density at radius 1 is 1.48 bits per heavy atom. The van der Waals surface area contributed by atoms with Crippen molar-refractivity contribution in [3.8, 4) is 0 Å². The summed E-state index contributed by atoms with van der Waals surface area (Å²) in [7, 11) is 0. The smallest absolute Gasteiger partial charge is 0.259 e. The van der Waals surface area contributed by atoms with Gasteiger partial charge in [0.05, 0.1) is 5.39 Å². The van der Waals surface area contributed by atoms with Crippen LogP contribution in [0.2, 0.25) is 0 Å². The molecular formula is C20H28N4O2S. The molecule has 2 atom stereocenters. The molecule has 2 aliphatic rings. The topological polar surface area (TPSA) is 92.1 Å². The molecule has 1 aliphatic heterocycles. The lowest BCUT2D eigenvalue weighted by Crippen LogP contribution is -2.34. The predicted molar refractivity (Wildman–Crippen MR) is 108 cm³/mol. The van der Waals surface area contributed by atoms with Crippen LogP contribution in [0.1, 0.15) is 49.4 Å². The molecule has 6 nitrogen and oxygen atoms in total. The molecule has 0 spiro atoms. The number of aromatic amines is 1. The Kier molecular flexibility index (Phi) is 4.84. The van der Waals surface area contributed by atoms with Crippen LogP contribution in [0, 0.1) is 11.3 Å². The zero-order valence-corrected chi connectivity index (χ0v) is 17.0. The van der Waals surface area contributed by atoms with Gasteiger partial charge in [-0.1, -0.05) is 13.8 Å².